The van der Waals surface area contributed by atoms with Gasteiger partial charge in [0.1, 0.15) is 12.6 Å². The Morgan fingerprint density at radius 1 is 0.905 bits per heavy atom. The predicted molar refractivity (Wildman–Crippen MR) is 169 cm³/mol. The molecule has 7 nitrogen and oxygen atoms in total. The normalized spacial score (nSPS) is 14.4. The summed E-state index contributed by atoms with van der Waals surface area (Å²) in [6.07, 6.45) is 4.08. The maximum atomic E-state index is 14.2. The lowest BCUT2D eigenvalue weighted by molar-refractivity contribution is -0.140. The molecule has 12 heteroatoms. The van der Waals surface area contributed by atoms with Crippen LogP contribution in [0.25, 0.3) is 0 Å². The zero-order chi connectivity index (χ0) is 30.4. The Morgan fingerprint density at radius 3 is 2.19 bits per heavy atom. The number of halogens is 4. The molecular weight excluding hydrogens is 640 g/mol. The molecule has 224 valence electrons. The summed E-state index contributed by atoms with van der Waals surface area (Å²) < 4.78 is 28.8. The molecule has 4 rings (SSSR count). The third kappa shape index (κ3) is 7.71. The Kier molecular flexibility index (Phi) is 11.1. The molecule has 2 amide bonds. The number of rotatable bonds is 11. The lowest BCUT2D eigenvalue weighted by atomic mass is 10.1. The smallest absolute Gasteiger partial charge is 0.264 e. The number of benzene rings is 3. The van der Waals surface area contributed by atoms with Gasteiger partial charge >= 0.3 is 0 Å². The third-order valence-corrected chi connectivity index (χ3v) is 10.1. The van der Waals surface area contributed by atoms with Crippen LogP contribution in [0.5, 0.6) is 0 Å². The quantitative estimate of drug-likeness (QED) is 0.231. The first-order valence-electron chi connectivity index (χ1n) is 13.6. The first-order chi connectivity index (χ1) is 20.0. The second-order valence-electron chi connectivity index (χ2n) is 10.1. The SMILES string of the molecule is CC[C@H](C(=O)NC1CCCC1)N(Cc1ccc(Cl)cc1Cl)C(=O)CN(c1cc(Cl)ccc1Cl)S(=O)(=O)c1ccccc1. The van der Waals surface area contributed by atoms with Crippen molar-refractivity contribution in [3.8, 4) is 0 Å². The molecule has 0 saturated heterocycles. The van der Waals surface area contributed by atoms with Crippen molar-refractivity contribution in [2.75, 3.05) is 10.8 Å². The molecule has 0 aliphatic heterocycles. The summed E-state index contributed by atoms with van der Waals surface area (Å²) in [6.45, 7) is 1.11. The maximum Gasteiger partial charge on any atom is 0.264 e. The second-order valence-corrected chi connectivity index (χ2v) is 13.6. The molecule has 1 fully saturated rings. The van der Waals surface area contributed by atoms with Crippen LogP contribution in [0.4, 0.5) is 5.69 Å². The van der Waals surface area contributed by atoms with E-state index in [0.717, 1.165) is 30.0 Å². The van der Waals surface area contributed by atoms with E-state index in [2.05, 4.69) is 5.32 Å². The molecule has 1 aliphatic carbocycles. The fourth-order valence-electron chi connectivity index (χ4n) is 5.03. The molecule has 3 aromatic rings. The molecule has 1 atom stereocenters. The van der Waals surface area contributed by atoms with Gasteiger partial charge in [0.25, 0.3) is 10.0 Å². The molecule has 42 heavy (non-hydrogen) atoms. The summed E-state index contributed by atoms with van der Waals surface area (Å²) in [5.74, 6) is -0.925. The highest BCUT2D eigenvalue weighted by Gasteiger charge is 2.35. The number of carbonyl (C=O) groups excluding carboxylic acids is 2. The predicted octanol–water partition coefficient (Wildman–Crippen LogP) is 7.36. The van der Waals surface area contributed by atoms with Crippen molar-refractivity contribution in [3.63, 3.8) is 0 Å². The first-order valence-corrected chi connectivity index (χ1v) is 16.5. The highest BCUT2D eigenvalue weighted by Crippen LogP contribution is 2.33. The number of sulfonamides is 1. The van der Waals surface area contributed by atoms with Crippen LogP contribution in [0.3, 0.4) is 0 Å². The average Bonchev–Trinajstić information content (AvgIpc) is 3.47. The van der Waals surface area contributed by atoms with E-state index in [0.29, 0.717) is 22.0 Å². The van der Waals surface area contributed by atoms with Crippen molar-refractivity contribution in [1.29, 1.82) is 0 Å². The lowest BCUT2D eigenvalue weighted by Gasteiger charge is -2.34. The Balaban J connectivity index is 1.76. The highest BCUT2D eigenvalue weighted by molar-refractivity contribution is 7.92. The Morgan fingerprint density at radius 2 is 1.55 bits per heavy atom. The van der Waals surface area contributed by atoms with Gasteiger partial charge in [0.05, 0.1) is 15.6 Å². The monoisotopic (exact) mass is 669 g/mol. The van der Waals surface area contributed by atoms with Crippen LogP contribution >= 0.6 is 46.4 Å². The fourth-order valence-corrected chi connectivity index (χ4v) is 7.38. The first kappa shape index (κ1) is 32.4. The molecular formula is C30H31Cl4N3O4S. The van der Waals surface area contributed by atoms with Gasteiger partial charge in [0.2, 0.25) is 11.8 Å². The lowest BCUT2D eigenvalue weighted by Crippen LogP contribution is -2.53. The second kappa shape index (κ2) is 14.3. The van der Waals surface area contributed by atoms with Gasteiger partial charge in [0.15, 0.2) is 0 Å². The van der Waals surface area contributed by atoms with Gasteiger partial charge in [-0.05, 0) is 67.3 Å². The maximum absolute atomic E-state index is 14.2. The number of anilines is 1. The molecule has 1 N–H and O–H groups in total. The van der Waals surface area contributed by atoms with E-state index < -0.39 is 28.5 Å². The minimum atomic E-state index is -4.28. The number of amides is 2. The van der Waals surface area contributed by atoms with E-state index in [9.17, 15) is 18.0 Å². The Bertz CT molecular complexity index is 1530. The molecule has 0 radical (unpaired) electrons. The van der Waals surface area contributed by atoms with Gasteiger partial charge in [-0.2, -0.15) is 0 Å². The van der Waals surface area contributed by atoms with E-state index in [1.807, 2.05) is 0 Å². The average molecular weight is 671 g/mol. The molecule has 0 aromatic heterocycles. The van der Waals surface area contributed by atoms with Gasteiger partial charge in [0, 0.05) is 27.7 Å². The third-order valence-electron chi connectivity index (χ3n) is 7.23. The van der Waals surface area contributed by atoms with Crippen LogP contribution < -0.4 is 9.62 Å². The summed E-state index contributed by atoms with van der Waals surface area (Å²) in [5.41, 5.74) is 0.592. The molecule has 0 heterocycles. The molecule has 0 spiro atoms. The van der Waals surface area contributed by atoms with Crippen LogP contribution in [0.1, 0.15) is 44.6 Å². The van der Waals surface area contributed by atoms with Crippen molar-refractivity contribution in [1.82, 2.24) is 10.2 Å². The fraction of sp³-hybridized carbons (Fsp3) is 0.333. The van der Waals surface area contributed by atoms with Gasteiger partial charge in [-0.1, -0.05) is 90.4 Å². The molecule has 0 bridgehead atoms. The summed E-state index contributed by atoms with van der Waals surface area (Å²) in [4.78, 5) is 29.1. The minimum Gasteiger partial charge on any atom is -0.352 e. The zero-order valence-electron chi connectivity index (χ0n) is 22.9. The van der Waals surface area contributed by atoms with Crippen molar-refractivity contribution >= 4 is 73.9 Å². The van der Waals surface area contributed by atoms with Crippen molar-refractivity contribution in [2.24, 2.45) is 0 Å². The summed E-state index contributed by atoms with van der Waals surface area (Å²) in [6, 6.07) is 16.1. The van der Waals surface area contributed by atoms with Crippen molar-refractivity contribution in [3.05, 3.63) is 92.4 Å². The van der Waals surface area contributed by atoms with Crippen LogP contribution in [0.2, 0.25) is 20.1 Å². The minimum absolute atomic E-state index is 0.0304. The number of hydrogen-bond acceptors (Lipinski definition) is 4. The number of nitrogens with zero attached hydrogens (tertiary/aromatic N) is 2. The largest absolute Gasteiger partial charge is 0.352 e. The number of hydrogen-bond donors (Lipinski definition) is 1. The molecule has 1 saturated carbocycles. The van der Waals surface area contributed by atoms with E-state index in [1.165, 1.54) is 35.2 Å². The number of carbonyl (C=O) groups is 2. The van der Waals surface area contributed by atoms with E-state index in [-0.39, 0.29) is 39.1 Å². The summed E-state index contributed by atoms with van der Waals surface area (Å²) in [5, 5.41) is 4.14. The molecule has 0 unspecified atom stereocenters. The molecule has 3 aromatic carbocycles. The van der Waals surface area contributed by atoms with Gasteiger partial charge in [-0.3, -0.25) is 13.9 Å². The summed E-state index contributed by atoms with van der Waals surface area (Å²) >= 11 is 25.3. The van der Waals surface area contributed by atoms with Gasteiger partial charge in [-0.15, -0.1) is 0 Å². The highest BCUT2D eigenvalue weighted by atomic mass is 35.5. The topological polar surface area (TPSA) is 86.8 Å². The van der Waals surface area contributed by atoms with Crippen molar-refractivity contribution < 1.29 is 18.0 Å². The Hall–Kier alpha value is -2.49. The Labute approximate surface area is 266 Å². The van der Waals surface area contributed by atoms with Gasteiger partial charge in [-0.25, -0.2) is 8.42 Å². The summed E-state index contributed by atoms with van der Waals surface area (Å²) in [7, 11) is -4.28. The van der Waals surface area contributed by atoms with Crippen LogP contribution in [0.15, 0.2) is 71.6 Å². The standard InChI is InChI=1S/C30H31Cl4N3O4S/c1-2-27(30(39)35-23-8-6-7-9-23)36(18-20-12-13-21(31)16-26(20)34)29(38)19-37(28-17-22(32)14-15-25(28)33)42(40,41)24-10-4-3-5-11-24/h3-5,10-17,23,27H,2,6-9,18-19H2,1H3,(H,35,39)/t27-/m1/s1. The van der Waals surface area contributed by atoms with Crippen LogP contribution in [-0.4, -0.2) is 43.8 Å². The van der Waals surface area contributed by atoms with Gasteiger partial charge < -0.3 is 10.2 Å². The molecule has 1 aliphatic rings. The van der Waals surface area contributed by atoms with Crippen molar-refractivity contribution in [2.45, 2.75) is 62.6 Å². The number of nitrogens with one attached hydrogen (secondary N) is 1. The van der Waals surface area contributed by atoms with E-state index >= 15 is 0 Å². The van der Waals surface area contributed by atoms with Crippen LogP contribution in [-0.2, 0) is 26.2 Å². The zero-order valence-corrected chi connectivity index (χ0v) is 26.7. The van der Waals surface area contributed by atoms with E-state index in [4.69, 9.17) is 46.4 Å². The van der Waals surface area contributed by atoms with Crippen LogP contribution in [0, 0.1) is 0 Å². The van der Waals surface area contributed by atoms with E-state index in [1.54, 1.807) is 43.3 Å².